The van der Waals surface area contributed by atoms with Gasteiger partial charge in [-0.05, 0) is 36.5 Å². The molecule has 0 aliphatic rings. The normalized spacial score (nSPS) is 13.0. The van der Waals surface area contributed by atoms with E-state index in [9.17, 15) is 5.11 Å². The summed E-state index contributed by atoms with van der Waals surface area (Å²) in [5, 5.41) is 12.3. The summed E-state index contributed by atoms with van der Waals surface area (Å²) in [7, 11) is 4.12. The SMILES string of the molecule is CN(C)[C@@H](CN=Cc1c(O)ccc2ccccc12)c1ccccc1. The van der Waals surface area contributed by atoms with Crippen LogP contribution in [0.1, 0.15) is 17.2 Å². The maximum atomic E-state index is 10.2. The molecule has 3 heteroatoms. The first-order valence-electron chi connectivity index (χ1n) is 8.08. The smallest absolute Gasteiger partial charge is 0.124 e. The second-order valence-corrected chi connectivity index (χ2v) is 6.10. The van der Waals surface area contributed by atoms with Gasteiger partial charge in [0.2, 0.25) is 0 Å². The molecule has 1 N–H and O–H groups in total. The lowest BCUT2D eigenvalue weighted by atomic mass is 10.0. The van der Waals surface area contributed by atoms with Crippen molar-refractivity contribution in [3.05, 3.63) is 77.9 Å². The first-order valence-corrected chi connectivity index (χ1v) is 8.08. The monoisotopic (exact) mass is 318 g/mol. The highest BCUT2D eigenvalue weighted by molar-refractivity contribution is 6.02. The van der Waals surface area contributed by atoms with Crippen LogP contribution in [-0.4, -0.2) is 36.9 Å². The standard InChI is InChI=1S/C21H22N2O/c1-23(2)20(17-9-4-3-5-10-17)15-22-14-19-18-11-7-6-8-16(18)12-13-21(19)24/h3-14,20,24H,15H2,1-2H3/t20-/m0/s1. The van der Waals surface area contributed by atoms with Crippen molar-refractivity contribution < 1.29 is 5.11 Å². The number of hydrogen-bond acceptors (Lipinski definition) is 3. The van der Waals surface area contributed by atoms with E-state index >= 15 is 0 Å². The lowest BCUT2D eigenvalue weighted by Crippen LogP contribution is -2.22. The third-order valence-corrected chi connectivity index (χ3v) is 4.25. The van der Waals surface area contributed by atoms with Crippen molar-refractivity contribution in [1.29, 1.82) is 0 Å². The van der Waals surface area contributed by atoms with E-state index in [-0.39, 0.29) is 11.8 Å². The summed E-state index contributed by atoms with van der Waals surface area (Å²) >= 11 is 0. The quantitative estimate of drug-likeness (QED) is 0.713. The van der Waals surface area contributed by atoms with Crippen LogP contribution in [-0.2, 0) is 0 Å². The number of nitrogens with zero attached hydrogens (tertiary/aromatic N) is 2. The molecule has 0 saturated heterocycles. The summed E-state index contributed by atoms with van der Waals surface area (Å²) in [6.45, 7) is 0.639. The molecule has 3 nitrogen and oxygen atoms in total. The molecule has 24 heavy (non-hydrogen) atoms. The van der Waals surface area contributed by atoms with Gasteiger partial charge in [0.15, 0.2) is 0 Å². The van der Waals surface area contributed by atoms with Gasteiger partial charge in [0.25, 0.3) is 0 Å². The Kier molecular flexibility index (Phi) is 4.92. The largest absolute Gasteiger partial charge is 0.507 e. The Morgan fingerprint density at radius 3 is 2.42 bits per heavy atom. The number of fused-ring (bicyclic) bond motifs is 1. The van der Waals surface area contributed by atoms with Gasteiger partial charge in [0.1, 0.15) is 5.75 Å². The van der Waals surface area contributed by atoms with E-state index in [1.807, 2.05) is 48.5 Å². The zero-order valence-electron chi connectivity index (χ0n) is 14.1. The van der Waals surface area contributed by atoms with Gasteiger partial charge >= 0.3 is 0 Å². The maximum Gasteiger partial charge on any atom is 0.124 e. The molecule has 0 saturated carbocycles. The van der Waals surface area contributed by atoms with Crippen molar-refractivity contribution in [2.24, 2.45) is 4.99 Å². The van der Waals surface area contributed by atoms with E-state index in [2.05, 4.69) is 36.1 Å². The molecule has 3 aromatic rings. The fraction of sp³-hybridized carbons (Fsp3) is 0.190. The Bertz CT molecular complexity index is 841. The Morgan fingerprint density at radius 1 is 0.958 bits per heavy atom. The number of likely N-dealkylation sites (N-methyl/N-ethyl adjacent to an activating group) is 1. The molecule has 0 bridgehead atoms. The molecule has 0 heterocycles. The highest BCUT2D eigenvalue weighted by Crippen LogP contribution is 2.26. The van der Waals surface area contributed by atoms with Crippen molar-refractivity contribution >= 4 is 17.0 Å². The number of aliphatic imine (C=N–C) groups is 1. The molecule has 122 valence electrons. The summed E-state index contributed by atoms with van der Waals surface area (Å²) in [4.78, 5) is 6.79. The number of aromatic hydroxyl groups is 1. The molecule has 0 aliphatic carbocycles. The van der Waals surface area contributed by atoms with Crippen LogP contribution >= 0.6 is 0 Å². The van der Waals surface area contributed by atoms with E-state index in [1.165, 1.54) is 5.56 Å². The van der Waals surface area contributed by atoms with Crippen molar-refractivity contribution in [1.82, 2.24) is 4.90 Å². The van der Waals surface area contributed by atoms with Gasteiger partial charge in [0.05, 0.1) is 12.6 Å². The minimum Gasteiger partial charge on any atom is -0.507 e. The summed E-state index contributed by atoms with van der Waals surface area (Å²) in [5.41, 5.74) is 2.01. The Hall–Kier alpha value is -2.65. The maximum absolute atomic E-state index is 10.2. The van der Waals surface area contributed by atoms with Gasteiger partial charge in [-0.25, -0.2) is 0 Å². The van der Waals surface area contributed by atoms with Crippen LogP contribution in [0.4, 0.5) is 0 Å². The average molecular weight is 318 g/mol. The van der Waals surface area contributed by atoms with Crippen molar-refractivity contribution in [3.8, 4) is 5.75 Å². The van der Waals surface area contributed by atoms with E-state index in [1.54, 1.807) is 12.3 Å². The number of phenols is 1. The number of hydrogen-bond donors (Lipinski definition) is 1. The topological polar surface area (TPSA) is 35.8 Å². The predicted octanol–water partition coefficient (Wildman–Crippen LogP) is 4.27. The lowest BCUT2D eigenvalue weighted by molar-refractivity contribution is 0.307. The highest BCUT2D eigenvalue weighted by Gasteiger charge is 2.12. The molecule has 1 atom stereocenters. The van der Waals surface area contributed by atoms with Gasteiger partial charge in [-0.15, -0.1) is 0 Å². The first kappa shape index (κ1) is 16.2. The molecule has 0 spiro atoms. The van der Waals surface area contributed by atoms with Gasteiger partial charge in [-0.1, -0.05) is 60.7 Å². The van der Waals surface area contributed by atoms with Gasteiger partial charge in [-0.3, -0.25) is 4.99 Å². The number of rotatable bonds is 5. The summed E-state index contributed by atoms with van der Waals surface area (Å²) in [5.74, 6) is 0.263. The fourth-order valence-corrected chi connectivity index (χ4v) is 2.91. The molecule has 3 aromatic carbocycles. The van der Waals surface area contributed by atoms with Crippen LogP contribution in [0.15, 0.2) is 71.7 Å². The van der Waals surface area contributed by atoms with Crippen LogP contribution in [0.3, 0.4) is 0 Å². The van der Waals surface area contributed by atoms with Gasteiger partial charge < -0.3 is 10.0 Å². The predicted molar refractivity (Wildman–Crippen MR) is 101 cm³/mol. The molecule has 0 fully saturated rings. The Balaban J connectivity index is 1.87. The van der Waals surface area contributed by atoms with Crippen LogP contribution in [0.5, 0.6) is 5.75 Å². The average Bonchev–Trinajstić information content (AvgIpc) is 2.60. The molecule has 0 aromatic heterocycles. The molecular weight excluding hydrogens is 296 g/mol. The third-order valence-electron chi connectivity index (χ3n) is 4.25. The van der Waals surface area contributed by atoms with Crippen LogP contribution in [0.25, 0.3) is 10.8 Å². The number of benzene rings is 3. The lowest BCUT2D eigenvalue weighted by Gasteiger charge is -2.23. The van der Waals surface area contributed by atoms with Crippen LogP contribution < -0.4 is 0 Å². The zero-order valence-corrected chi connectivity index (χ0v) is 14.1. The second-order valence-electron chi connectivity index (χ2n) is 6.10. The summed E-state index contributed by atoms with van der Waals surface area (Å²) in [6.07, 6.45) is 1.79. The summed E-state index contributed by atoms with van der Waals surface area (Å²) in [6, 6.07) is 22.2. The molecule has 3 rings (SSSR count). The molecular formula is C21H22N2O. The van der Waals surface area contributed by atoms with Crippen molar-refractivity contribution in [2.75, 3.05) is 20.6 Å². The van der Waals surface area contributed by atoms with Gasteiger partial charge in [-0.2, -0.15) is 0 Å². The van der Waals surface area contributed by atoms with Crippen molar-refractivity contribution in [2.45, 2.75) is 6.04 Å². The Morgan fingerprint density at radius 2 is 1.67 bits per heavy atom. The third kappa shape index (κ3) is 3.47. The zero-order chi connectivity index (χ0) is 16.9. The van der Waals surface area contributed by atoms with Crippen LogP contribution in [0.2, 0.25) is 0 Å². The van der Waals surface area contributed by atoms with E-state index in [0.29, 0.717) is 6.54 Å². The first-order chi connectivity index (χ1) is 11.7. The number of phenolic OH excluding ortho intramolecular Hbond substituents is 1. The Labute approximate surface area is 142 Å². The molecule has 0 unspecified atom stereocenters. The van der Waals surface area contributed by atoms with Crippen molar-refractivity contribution in [3.63, 3.8) is 0 Å². The van der Waals surface area contributed by atoms with E-state index in [0.717, 1.165) is 16.3 Å². The van der Waals surface area contributed by atoms with E-state index in [4.69, 9.17) is 0 Å². The van der Waals surface area contributed by atoms with Gasteiger partial charge in [0, 0.05) is 11.8 Å². The molecule has 0 radical (unpaired) electrons. The minimum atomic E-state index is 0.208. The highest BCUT2D eigenvalue weighted by atomic mass is 16.3. The molecule has 0 aliphatic heterocycles. The van der Waals surface area contributed by atoms with E-state index < -0.39 is 0 Å². The van der Waals surface area contributed by atoms with Crippen LogP contribution in [0, 0.1) is 0 Å². The minimum absolute atomic E-state index is 0.208. The second kappa shape index (κ2) is 7.28. The summed E-state index contributed by atoms with van der Waals surface area (Å²) < 4.78 is 0. The fourth-order valence-electron chi connectivity index (χ4n) is 2.91. The molecule has 0 amide bonds.